The van der Waals surface area contributed by atoms with Crippen molar-refractivity contribution in [3.05, 3.63) is 65.4 Å². The number of hydrogen-bond donors (Lipinski definition) is 0. The fourth-order valence-corrected chi connectivity index (χ4v) is 5.40. The number of thioether (sulfide) groups is 1. The third-order valence-electron chi connectivity index (χ3n) is 6.54. The first-order valence-electron chi connectivity index (χ1n) is 12.0. The maximum absolute atomic E-state index is 5.34. The SMILES string of the molecule is COc1cccc(-c2nnc(SCCCN3CCc4ccc(-c5cc(C)on5)cc4CC3)n2C)c1.Cl. The smallest absolute Gasteiger partial charge is 0.191 e. The van der Waals surface area contributed by atoms with E-state index in [1.165, 1.54) is 11.1 Å². The molecule has 0 radical (unpaired) electrons. The first-order valence-corrected chi connectivity index (χ1v) is 13.0. The van der Waals surface area contributed by atoms with E-state index in [2.05, 4.69) is 43.0 Å². The summed E-state index contributed by atoms with van der Waals surface area (Å²) in [5.41, 5.74) is 5.96. The van der Waals surface area contributed by atoms with Gasteiger partial charge in [-0.05, 0) is 62.1 Å². The molecule has 0 spiro atoms. The van der Waals surface area contributed by atoms with E-state index in [1.807, 2.05) is 44.3 Å². The zero-order chi connectivity index (χ0) is 24.2. The standard InChI is InChI=1S/C27H31N5O2S.ClH/c1-19-16-25(30-34-19)22-9-8-20-10-13-32(14-11-21(20)17-22)12-5-15-35-27-29-28-26(31(27)2)23-6-4-7-24(18-23)33-3;/h4,6-9,16-18H,5,10-15H2,1-3H3;1H. The number of aryl methyl sites for hydroxylation is 1. The summed E-state index contributed by atoms with van der Waals surface area (Å²) in [6, 6.07) is 16.7. The third kappa shape index (κ3) is 5.94. The van der Waals surface area contributed by atoms with E-state index in [-0.39, 0.29) is 12.4 Å². The highest BCUT2D eigenvalue weighted by Gasteiger charge is 2.16. The van der Waals surface area contributed by atoms with Crippen LogP contribution in [-0.4, -0.2) is 57.3 Å². The Hall–Kier alpha value is -2.81. The Balaban J connectivity index is 0.00000304. The molecule has 190 valence electrons. The zero-order valence-electron chi connectivity index (χ0n) is 20.9. The highest BCUT2D eigenvalue weighted by Crippen LogP contribution is 2.27. The van der Waals surface area contributed by atoms with Crippen molar-refractivity contribution in [3.8, 4) is 28.4 Å². The highest BCUT2D eigenvalue weighted by molar-refractivity contribution is 7.99. The first kappa shape index (κ1) is 26.3. The predicted octanol–water partition coefficient (Wildman–Crippen LogP) is 5.46. The first-order chi connectivity index (χ1) is 17.1. The molecule has 0 saturated heterocycles. The second kappa shape index (κ2) is 12.0. The summed E-state index contributed by atoms with van der Waals surface area (Å²) in [5, 5.41) is 14.0. The Bertz CT molecular complexity index is 1310. The fourth-order valence-electron chi connectivity index (χ4n) is 4.56. The van der Waals surface area contributed by atoms with Gasteiger partial charge in [-0.25, -0.2) is 0 Å². The normalized spacial score (nSPS) is 13.6. The monoisotopic (exact) mass is 525 g/mol. The minimum Gasteiger partial charge on any atom is -0.497 e. The van der Waals surface area contributed by atoms with Gasteiger partial charge in [0.1, 0.15) is 17.2 Å². The molecular weight excluding hydrogens is 494 g/mol. The largest absolute Gasteiger partial charge is 0.497 e. The van der Waals surface area contributed by atoms with Gasteiger partial charge in [-0.1, -0.05) is 41.2 Å². The quantitative estimate of drug-likeness (QED) is 0.223. The lowest BCUT2D eigenvalue weighted by atomic mass is 9.99. The van der Waals surface area contributed by atoms with Gasteiger partial charge in [0.2, 0.25) is 0 Å². The summed E-state index contributed by atoms with van der Waals surface area (Å²) in [7, 11) is 3.70. The van der Waals surface area contributed by atoms with E-state index < -0.39 is 0 Å². The number of hydrogen-bond acceptors (Lipinski definition) is 7. The van der Waals surface area contributed by atoms with Crippen LogP contribution in [0.2, 0.25) is 0 Å². The van der Waals surface area contributed by atoms with Gasteiger partial charge in [0, 0.05) is 43.1 Å². The van der Waals surface area contributed by atoms with Gasteiger partial charge < -0.3 is 18.7 Å². The van der Waals surface area contributed by atoms with Gasteiger partial charge in [0.15, 0.2) is 11.0 Å². The molecule has 9 heteroatoms. The number of rotatable bonds is 8. The molecule has 0 atom stereocenters. The van der Waals surface area contributed by atoms with Crippen molar-refractivity contribution >= 4 is 24.2 Å². The lowest BCUT2D eigenvalue weighted by Gasteiger charge is -2.19. The fraction of sp³-hybridized carbons (Fsp3) is 0.370. The molecule has 7 nitrogen and oxygen atoms in total. The van der Waals surface area contributed by atoms with Crippen LogP contribution in [0.4, 0.5) is 0 Å². The van der Waals surface area contributed by atoms with E-state index in [9.17, 15) is 0 Å². The number of benzene rings is 2. The van der Waals surface area contributed by atoms with Gasteiger partial charge in [-0.15, -0.1) is 22.6 Å². The molecule has 0 unspecified atom stereocenters. The van der Waals surface area contributed by atoms with Crippen LogP contribution in [0, 0.1) is 6.92 Å². The molecular formula is C27H32ClN5O2S. The Kier molecular flexibility index (Phi) is 8.72. The number of nitrogens with zero attached hydrogens (tertiary/aromatic N) is 5. The van der Waals surface area contributed by atoms with Gasteiger partial charge >= 0.3 is 0 Å². The average Bonchev–Trinajstić information content (AvgIpc) is 3.41. The number of ether oxygens (including phenoxy) is 1. The van der Waals surface area contributed by atoms with Gasteiger partial charge in [0.25, 0.3) is 0 Å². The minimum absolute atomic E-state index is 0. The van der Waals surface area contributed by atoms with Gasteiger partial charge in [0.05, 0.1) is 7.11 Å². The third-order valence-corrected chi connectivity index (χ3v) is 7.64. The van der Waals surface area contributed by atoms with Crippen LogP contribution in [0.5, 0.6) is 5.75 Å². The predicted molar refractivity (Wildman–Crippen MR) is 146 cm³/mol. The van der Waals surface area contributed by atoms with E-state index in [4.69, 9.17) is 9.26 Å². The molecule has 0 N–H and O–H groups in total. The van der Waals surface area contributed by atoms with E-state index in [0.717, 1.165) is 84.0 Å². The number of aromatic nitrogens is 4. The Morgan fingerprint density at radius 1 is 1.00 bits per heavy atom. The lowest BCUT2D eigenvalue weighted by Crippen LogP contribution is -2.27. The molecule has 2 aromatic heterocycles. The van der Waals surface area contributed by atoms with Crippen molar-refractivity contribution in [2.75, 3.05) is 32.5 Å². The molecule has 1 aliphatic heterocycles. The van der Waals surface area contributed by atoms with Gasteiger partial charge in [-0.3, -0.25) is 0 Å². The maximum Gasteiger partial charge on any atom is 0.191 e. The van der Waals surface area contributed by atoms with Crippen molar-refractivity contribution in [2.24, 2.45) is 7.05 Å². The molecule has 1 aliphatic rings. The summed E-state index contributed by atoms with van der Waals surface area (Å²) < 4.78 is 12.7. The zero-order valence-corrected chi connectivity index (χ0v) is 22.6. The molecule has 0 aliphatic carbocycles. The highest BCUT2D eigenvalue weighted by atomic mass is 35.5. The van der Waals surface area contributed by atoms with E-state index >= 15 is 0 Å². The van der Waals surface area contributed by atoms with Crippen molar-refractivity contribution in [1.82, 2.24) is 24.8 Å². The molecule has 2 aromatic carbocycles. The molecule has 36 heavy (non-hydrogen) atoms. The topological polar surface area (TPSA) is 69.2 Å². The molecule has 0 saturated carbocycles. The Morgan fingerprint density at radius 3 is 2.61 bits per heavy atom. The second-order valence-corrected chi connectivity index (χ2v) is 10.0. The molecule has 0 bridgehead atoms. The second-order valence-electron chi connectivity index (χ2n) is 8.95. The molecule has 4 aromatic rings. The number of halogens is 1. The number of fused-ring (bicyclic) bond motifs is 1. The van der Waals surface area contributed by atoms with Crippen LogP contribution < -0.4 is 4.74 Å². The summed E-state index contributed by atoms with van der Waals surface area (Å²) in [4.78, 5) is 2.58. The Labute approximate surface area is 222 Å². The minimum atomic E-state index is 0. The van der Waals surface area contributed by atoms with Crippen molar-refractivity contribution in [2.45, 2.75) is 31.3 Å². The van der Waals surface area contributed by atoms with Crippen LogP contribution in [-0.2, 0) is 19.9 Å². The molecule has 0 amide bonds. The lowest BCUT2D eigenvalue weighted by molar-refractivity contribution is 0.289. The number of methoxy groups -OCH3 is 1. The van der Waals surface area contributed by atoms with Crippen LogP contribution in [0.3, 0.4) is 0 Å². The van der Waals surface area contributed by atoms with Crippen molar-refractivity contribution in [1.29, 1.82) is 0 Å². The van der Waals surface area contributed by atoms with Gasteiger partial charge in [-0.2, -0.15) is 0 Å². The molecule has 0 fully saturated rings. The summed E-state index contributed by atoms with van der Waals surface area (Å²) in [5.74, 6) is 3.54. The van der Waals surface area contributed by atoms with Crippen LogP contribution in [0.15, 0.2) is 58.2 Å². The maximum atomic E-state index is 5.34. The molecule has 3 heterocycles. The average molecular weight is 526 g/mol. The van der Waals surface area contributed by atoms with E-state index in [1.54, 1.807) is 18.9 Å². The summed E-state index contributed by atoms with van der Waals surface area (Å²) in [6.45, 7) is 5.21. The summed E-state index contributed by atoms with van der Waals surface area (Å²) >= 11 is 1.77. The van der Waals surface area contributed by atoms with Crippen LogP contribution in [0.25, 0.3) is 22.6 Å². The van der Waals surface area contributed by atoms with Crippen molar-refractivity contribution in [3.63, 3.8) is 0 Å². The van der Waals surface area contributed by atoms with Crippen molar-refractivity contribution < 1.29 is 9.26 Å². The summed E-state index contributed by atoms with van der Waals surface area (Å²) in [6.07, 6.45) is 3.28. The van der Waals surface area contributed by atoms with E-state index in [0.29, 0.717) is 0 Å². The van der Waals surface area contributed by atoms with Crippen LogP contribution in [0.1, 0.15) is 23.3 Å². The van der Waals surface area contributed by atoms with Crippen LogP contribution >= 0.6 is 24.2 Å². The Morgan fingerprint density at radius 2 is 1.83 bits per heavy atom. The molecule has 5 rings (SSSR count).